The Bertz CT molecular complexity index is 864. The van der Waals surface area contributed by atoms with E-state index in [9.17, 15) is 14.4 Å². The van der Waals surface area contributed by atoms with Crippen LogP contribution >= 0.6 is 11.6 Å². The van der Waals surface area contributed by atoms with Crippen LogP contribution in [0.1, 0.15) is 12.8 Å². The molecule has 0 saturated carbocycles. The molecular weight excluding hydrogens is 332 g/mol. The molecule has 1 fully saturated rings. The highest BCUT2D eigenvalue weighted by Crippen LogP contribution is 2.17. The van der Waals surface area contributed by atoms with Crippen molar-refractivity contribution in [3.05, 3.63) is 39.9 Å². The van der Waals surface area contributed by atoms with Gasteiger partial charge in [-0.25, -0.2) is 4.98 Å². The van der Waals surface area contributed by atoms with Crippen LogP contribution in [0.2, 0.25) is 5.02 Å². The summed E-state index contributed by atoms with van der Waals surface area (Å²) in [6.07, 6.45) is 2.76. The molecule has 1 atom stereocenters. The van der Waals surface area contributed by atoms with Crippen molar-refractivity contribution in [1.29, 1.82) is 0 Å². The molecule has 1 unspecified atom stereocenters. The minimum atomic E-state index is -0.397. The summed E-state index contributed by atoms with van der Waals surface area (Å²) >= 11 is 5.92. The number of hydrogen-bond donors (Lipinski definition) is 1. The van der Waals surface area contributed by atoms with Crippen molar-refractivity contribution in [1.82, 2.24) is 14.5 Å². The van der Waals surface area contributed by atoms with E-state index < -0.39 is 5.91 Å². The molecule has 1 saturated heterocycles. The van der Waals surface area contributed by atoms with Crippen LogP contribution < -0.4 is 11.3 Å². The average Bonchev–Trinajstić information content (AvgIpc) is 2.58. The van der Waals surface area contributed by atoms with Crippen LogP contribution in [0.25, 0.3) is 10.9 Å². The molecule has 3 rings (SSSR count). The molecule has 7 nitrogen and oxygen atoms in total. The summed E-state index contributed by atoms with van der Waals surface area (Å²) in [5.74, 6) is -0.953. The third-order valence-electron chi connectivity index (χ3n) is 4.27. The Morgan fingerprint density at radius 1 is 1.38 bits per heavy atom. The van der Waals surface area contributed by atoms with Gasteiger partial charge >= 0.3 is 0 Å². The van der Waals surface area contributed by atoms with E-state index in [1.165, 1.54) is 17.0 Å². The number of nitrogens with two attached hydrogens (primary N) is 1. The zero-order valence-corrected chi connectivity index (χ0v) is 13.7. The molecule has 1 aliphatic rings. The number of benzene rings is 1. The molecule has 0 bridgehead atoms. The van der Waals surface area contributed by atoms with Gasteiger partial charge in [0.25, 0.3) is 5.56 Å². The minimum Gasteiger partial charge on any atom is -0.369 e. The summed E-state index contributed by atoms with van der Waals surface area (Å²) in [5, 5.41) is 0.803. The number of amides is 2. The number of aromatic nitrogens is 2. The third kappa shape index (κ3) is 3.26. The Morgan fingerprint density at radius 2 is 2.17 bits per heavy atom. The van der Waals surface area contributed by atoms with Crippen molar-refractivity contribution in [2.75, 3.05) is 13.1 Å². The SMILES string of the molecule is NC(=O)C1CCCN(C(=O)Cn2cnc3ccc(Cl)cc3c2=O)C1. The van der Waals surface area contributed by atoms with E-state index >= 15 is 0 Å². The summed E-state index contributed by atoms with van der Waals surface area (Å²) < 4.78 is 1.26. The lowest BCUT2D eigenvalue weighted by Gasteiger charge is -2.31. The van der Waals surface area contributed by atoms with Crippen LogP contribution in [-0.2, 0) is 16.1 Å². The van der Waals surface area contributed by atoms with Gasteiger partial charge in [-0.05, 0) is 31.0 Å². The van der Waals surface area contributed by atoms with Gasteiger partial charge in [0.1, 0.15) is 6.54 Å². The van der Waals surface area contributed by atoms with Gasteiger partial charge in [-0.3, -0.25) is 19.0 Å². The van der Waals surface area contributed by atoms with Gasteiger partial charge in [-0.2, -0.15) is 0 Å². The van der Waals surface area contributed by atoms with Gasteiger partial charge < -0.3 is 10.6 Å². The van der Waals surface area contributed by atoms with E-state index in [1.54, 1.807) is 17.0 Å². The van der Waals surface area contributed by atoms with Gasteiger partial charge in [0.05, 0.1) is 23.1 Å². The summed E-state index contributed by atoms with van der Waals surface area (Å²) in [6.45, 7) is 0.736. The predicted octanol–water partition coefficient (Wildman–Crippen LogP) is 0.774. The fourth-order valence-electron chi connectivity index (χ4n) is 2.93. The first-order chi connectivity index (χ1) is 11.5. The molecule has 0 spiro atoms. The monoisotopic (exact) mass is 348 g/mol. The topological polar surface area (TPSA) is 98.3 Å². The Hall–Kier alpha value is -2.41. The molecule has 1 aromatic carbocycles. The van der Waals surface area contributed by atoms with Crippen molar-refractivity contribution >= 4 is 34.3 Å². The highest BCUT2D eigenvalue weighted by Gasteiger charge is 2.27. The zero-order chi connectivity index (χ0) is 17.3. The molecule has 0 aliphatic carbocycles. The van der Waals surface area contributed by atoms with Crippen LogP contribution in [0.15, 0.2) is 29.3 Å². The summed E-state index contributed by atoms with van der Waals surface area (Å²) in [4.78, 5) is 42.0. The number of carbonyl (C=O) groups excluding carboxylic acids is 2. The molecule has 126 valence electrons. The molecule has 2 amide bonds. The Kier molecular flexibility index (Phi) is 4.53. The normalized spacial score (nSPS) is 17.9. The van der Waals surface area contributed by atoms with Crippen LogP contribution in [0.3, 0.4) is 0 Å². The number of piperidine rings is 1. The minimum absolute atomic E-state index is 0.125. The molecule has 0 radical (unpaired) electrons. The molecule has 8 heteroatoms. The van der Waals surface area contributed by atoms with Gasteiger partial charge in [0, 0.05) is 18.1 Å². The van der Waals surface area contributed by atoms with Crippen molar-refractivity contribution in [3.8, 4) is 0 Å². The predicted molar refractivity (Wildman–Crippen MR) is 89.5 cm³/mol. The number of carbonyl (C=O) groups is 2. The Morgan fingerprint density at radius 3 is 2.92 bits per heavy atom. The molecule has 1 aliphatic heterocycles. The first kappa shape index (κ1) is 16.4. The van der Waals surface area contributed by atoms with Crippen LogP contribution in [0.4, 0.5) is 0 Å². The van der Waals surface area contributed by atoms with Gasteiger partial charge in [-0.15, -0.1) is 0 Å². The van der Waals surface area contributed by atoms with E-state index in [0.717, 1.165) is 6.42 Å². The second kappa shape index (κ2) is 6.60. The van der Waals surface area contributed by atoms with Crippen LogP contribution in [0, 0.1) is 5.92 Å². The largest absolute Gasteiger partial charge is 0.369 e. The third-order valence-corrected chi connectivity index (χ3v) is 4.50. The van der Waals surface area contributed by atoms with Crippen molar-refractivity contribution in [3.63, 3.8) is 0 Å². The molecular formula is C16H17ClN4O3. The van der Waals surface area contributed by atoms with Crippen LogP contribution in [-0.4, -0.2) is 39.4 Å². The first-order valence-electron chi connectivity index (χ1n) is 7.67. The van der Waals surface area contributed by atoms with Crippen molar-refractivity contribution in [2.24, 2.45) is 11.7 Å². The average molecular weight is 349 g/mol. The van der Waals surface area contributed by atoms with Gasteiger partial charge in [0.15, 0.2) is 0 Å². The van der Waals surface area contributed by atoms with E-state index in [1.807, 2.05) is 0 Å². The van der Waals surface area contributed by atoms with E-state index in [2.05, 4.69) is 4.98 Å². The number of primary amides is 1. The standard InChI is InChI=1S/C16H17ClN4O3/c17-11-3-4-13-12(6-11)16(24)21(9-19-13)8-14(22)20-5-1-2-10(7-20)15(18)23/h3-4,6,9-10H,1-2,5,7-8H2,(H2,18,23). The van der Waals surface area contributed by atoms with Gasteiger partial charge in [0.2, 0.25) is 11.8 Å². The summed E-state index contributed by atoms with van der Waals surface area (Å²) in [6, 6.07) is 4.86. The molecule has 24 heavy (non-hydrogen) atoms. The summed E-state index contributed by atoms with van der Waals surface area (Å²) in [7, 11) is 0. The molecule has 2 aromatic rings. The highest BCUT2D eigenvalue weighted by molar-refractivity contribution is 6.31. The van der Waals surface area contributed by atoms with E-state index in [-0.39, 0.29) is 23.9 Å². The van der Waals surface area contributed by atoms with Crippen molar-refractivity contribution < 1.29 is 9.59 Å². The zero-order valence-electron chi connectivity index (χ0n) is 12.9. The number of nitrogens with zero attached hydrogens (tertiary/aromatic N) is 3. The van der Waals surface area contributed by atoms with E-state index in [4.69, 9.17) is 17.3 Å². The number of rotatable bonds is 3. The maximum absolute atomic E-state index is 12.5. The number of likely N-dealkylation sites (tertiary alicyclic amines) is 1. The smallest absolute Gasteiger partial charge is 0.261 e. The fraction of sp³-hybridized carbons (Fsp3) is 0.375. The van der Waals surface area contributed by atoms with Gasteiger partial charge in [-0.1, -0.05) is 11.6 Å². The lowest BCUT2D eigenvalue weighted by Crippen LogP contribution is -2.45. The fourth-order valence-corrected chi connectivity index (χ4v) is 3.10. The molecule has 2 heterocycles. The second-order valence-electron chi connectivity index (χ2n) is 5.92. The first-order valence-corrected chi connectivity index (χ1v) is 8.05. The van der Waals surface area contributed by atoms with Crippen molar-refractivity contribution in [2.45, 2.75) is 19.4 Å². The Labute approximate surface area is 143 Å². The molecule has 2 N–H and O–H groups in total. The quantitative estimate of drug-likeness (QED) is 0.885. The maximum Gasteiger partial charge on any atom is 0.261 e. The number of halogens is 1. The lowest BCUT2D eigenvalue weighted by atomic mass is 9.97. The van der Waals surface area contributed by atoms with Crippen LogP contribution in [0.5, 0.6) is 0 Å². The number of fused-ring (bicyclic) bond motifs is 1. The highest BCUT2D eigenvalue weighted by atomic mass is 35.5. The number of hydrogen-bond acceptors (Lipinski definition) is 4. The second-order valence-corrected chi connectivity index (χ2v) is 6.36. The van der Waals surface area contributed by atoms with E-state index in [0.29, 0.717) is 35.4 Å². The lowest BCUT2D eigenvalue weighted by molar-refractivity contribution is -0.135. The maximum atomic E-state index is 12.5. The summed E-state index contributed by atoms with van der Waals surface area (Å²) in [5.41, 5.74) is 5.54. The molecule has 1 aromatic heterocycles. The Balaban J connectivity index is 1.82.